The summed E-state index contributed by atoms with van der Waals surface area (Å²) in [7, 11) is 0. The summed E-state index contributed by atoms with van der Waals surface area (Å²) in [6, 6.07) is 9.12. The lowest BCUT2D eigenvalue weighted by molar-refractivity contribution is -0.125. The number of rotatable bonds is 3. The fourth-order valence-corrected chi connectivity index (χ4v) is 2.16. The Morgan fingerprint density at radius 1 is 1.27 bits per heavy atom. The van der Waals surface area contributed by atoms with Gasteiger partial charge >= 0.3 is 6.09 Å². The molecule has 22 heavy (non-hydrogen) atoms. The van der Waals surface area contributed by atoms with Crippen LogP contribution in [0.1, 0.15) is 32.8 Å². The minimum atomic E-state index is -0.585. The first-order chi connectivity index (χ1) is 10.4. The molecule has 0 radical (unpaired) electrons. The fourth-order valence-electron chi connectivity index (χ4n) is 2.16. The molecule has 1 N–H and O–H groups in total. The molecule has 0 aliphatic carbocycles. The van der Waals surface area contributed by atoms with E-state index in [1.54, 1.807) is 33.0 Å². The van der Waals surface area contributed by atoms with Crippen LogP contribution in [-0.2, 0) is 16.1 Å². The molecule has 2 amide bonds. The van der Waals surface area contributed by atoms with E-state index in [2.05, 4.69) is 5.32 Å². The van der Waals surface area contributed by atoms with Gasteiger partial charge in [0.1, 0.15) is 11.6 Å². The van der Waals surface area contributed by atoms with Gasteiger partial charge in [0, 0.05) is 12.7 Å². The largest absolute Gasteiger partial charge is 0.443 e. The van der Waals surface area contributed by atoms with Crippen molar-refractivity contribution in [3.05, 3.63) is 48.2 Å². The summed E-state index contributed by atoms with van der Waals surface area (Å²) in [5, 5.41) is 2.86. The molecular weight excluding hydrogens is 280 g/mol. The lowest BCUT2D eigenvalue weighted by atomic mass is 10.2. The van der Waals surface area contributed by atoms with Crippen molar-refractivity contribution in [2.45, 2.75) is 45.4 Å². The van der Waals surface area contributed by atoms with Gasteiger partial charge in [0.05, 0.1) is 0 Å². The summed E-state index contributed by atoms with van der Waals surface area (Å²) in [6.07, 6.45) is 3.42. The number of carbonyl (C=O) groups is 2. The van der Waals surface area contributed by atoms with Crippen molar-refractivity contribution in [2.24, 2.45) is 0 Å². The Kier molecular flexibility index (Phi) is 4.85. The Bertz CT molecular complexity index is 561. The van der Waals surface area contributed by atoms with Gasteiger partial charge in [-0.05, 0) is 32.8 Å². The summed E-state index contributed by atoms with van der Waals surface area (Å²) in [4.78, 5) is 25.8. The highest BCUT2D eigenvalue weighted by atomic mass is 16.6. The van der Waals surface area contributed by atoms with Crippen LogP contribution >= 0.6 is 0 Å². The first-order valence-corrected chi connectivity index (χ1v) is 7.36. The van der Waals surface area contributed by atoms with Gasteiger partial charge in [-0.15, -0.1) is 0 Å². The fraction of sp³-hybridized carbons (Fsp3) is 0.412. The van der Waals surface area contributed by atoms with Crippen molar-refractivity contribution in [2.75, 3.05) is 0 Å². The van der Waals surface area contributed by atoms with E-state index in [4.69, 9.17) is 4.74 Å². The lowest BCUT2D eigenvalue weighted by Gasteiger charge is -2.27. The number of nitrogens with zero attached hydrogens (tertiary/aromatic N) is 1. The third-order valence-electron chi connectivity index (χ3n) is 3.18. The van der Waals surface area contributed by atoms with E-state index < -0.39 is 17.7 Å². The summed E-state index contributed by atoms with van der Waals surface area (Å²) in [6.45, 7) is 5.85. The van der Waals surface area contributed by atoms with Crippen molar-refractivity contribution in [1.29, 1.82) is 0 Å². The van der Waals surface area contributed by atoms with Crippen LogP contribution in [0.4, 0.5) is 4.79 Å². The highest BCUT2D eigenvalue weighted by Gasteiger charge is 2.33. The highest BCUT2D eigenvalue weighted by Crippen LogP contribution is 2.19. The number of nitrogens with one attached hydrogen (secondary N) is 1. The summed E-state index contributed by atoms with van der Waals surface area (Å²) in [5.74, 6) is -0.181. The van der Waals surface area contributed by atoms with Crippen molar-refractivity contribution >= 4 is 12.0 Å². The van der Waals surface area contributed by atoms with Crippen molar-refractivity contribution in [1.82, 2.24) is 10.2 Å². The molecule has 5 heteroatoms. The quantitative estimate of drug-likeness (QED) is 0.934. The van der Waals surface area contributed by atoms with E-state index in [0.717, 1.165) is 5.56 Å². The number of ether oxygens (including phenoxy) is 1. The zero-order valence-electron chi connectivity index (χ0n) is 13.2. The molecule has 1 aliphatic heterocycles. The molecule has 1 atom stereocenters. The van der Waals surface area contributed by atoms with E-state index in [1.807, 2.05) is 30.3 Å². The third-order valence-corrected chi connectivity index (χ3v) is 3.18. The number of hydrogen-bond donors (Lipinski definition) is 1. The van der Waals surface area contributed by atoms with Crippen LogP contribution in [0.25, 0.3) is 0 Å². The molecule has 1 aromatic carbocycles. The first kappa shape index (κ1) is 16.1. The van der Waals surface area contributed by atoms with E-state index in [1.165, 1.54) is 4.90 Å². The predicted octanol–water partition coefficient (Wildman–Crippen LogP) is 2.83. The highest BCUT2D eigenvalue weighted by molar-refractivity contribution is 5.87. The minimum Gasteiger partial charge on any atom is -0.443 e. The average molecular weight is 302 g/mol. The SMILES string of the molecule is CC(C)(C)OC(=O)N1C=CCC1C(=O)NCc1ccccc1. The van der Waals surface area contributed by atoms with Crippen LogP contribution in [0.5, 0.6) is 0 Å². The van der Waals surface area contributed by atoms with E-state index >= 15 is 0 Å². The standard InChI is InChI=1S/C17H22N2O3/c1-17(2,3)22-16(21)19-11-7-10-14(19)15(20)18-12-13-8-5-4-6-9-13/h4-9,11,14H,10,12H2,1-3H3,(H,18,20). The second-order valence-corrected chi connectivity index (χ2v) is 6.23. The number of benzene rings is 1. The Balaban J connectivity index is 1.93. The van der Waals surface area contributed by atoms with Crippen LogP contribution in [-0.4, -0.2) is 28.5 Å². The average Bonchev–Trinajstić information content (AvgIpc) is 2.93. The van der Waals surface area contributed by atoms with Crippen LogP contribution in [0.3, 0.4) is 0 Å². The van der Waals surface area contributed by atoms with E-state index in [-0.39, 0.29) is 5.91 Å². The van der Waals surface area contributed by atoms with Crippen LogP contribution < -0.4 is 5.32 Å². The second kappa shape index (κ2) is 6.64. The Morgan fingerprint density at radius 3 is 2.59 bits per heavy atom. The van der Waals surface area contributed by atoms with Gasteiger partial charge in [-0.3, -0.25) is 9.69 Å². The number of amides is 2. The van der Waals surface area contributed by atoms with Gasteiger partial charge in [0.2, 0.25) is 5.91 Å². The van der Waals surface area contributed by atoms with Gasteiger partial charge in [-0.1, -0.05) is 36.4 Å². The topological polar surface area (TPSA) is 58.6 Å². The van der Waals surface area contributed by atoms with Crippen LogP contribution in [0.15, 0.2) is 42.6 Å². The Hall–Kier alpha value is -2.30. The van der Waals surface area contributed by atoms with Gasteiger partial charge in [0.15, 0.2) is 0 Å². The zero-order chi connectivity index (χ0) is 16.2. The number of hydrogen-bond acceptors (Lipinski definition) is 3. The molecule has 2 rings (SSSR count). The molecule has 0 fully saturated rings. The first-order valence-electron chi connectivity index (χ1n) is 7.36. The summed E-state index contributed by atoms with van der Waals surface area (Å²) < 4.78 is 5.32. The molecule has 0 spiro atoms. The zero-order valence-corrected chi connectivity index (χ0v) is 13.2. The molecule has 0 saturated heterocycles. The molecule has 1 aliphatic rings. The third kappa shape index (κ3) is 4.35. The summed E-state index contributed by atoms with van der Waals surface area (Å²) in [5.41, 5.74) is 0.434. The maximum atomic E-state index is 12.3. The molecule has 0 saturated carbocycles. The lowest BCUT2D eigenvalue weighted by Crippen LogP contribution is -2.46. The van der Waals surface area contributed by atoms with Crippen molar-refractivity contribution in [3.63, 3.8) is 0 Å². The van der Waals surface area contributed by atoms with E-state index in [0.29, 0.717) is 13.0 Å². The minimum absolute atomic E-state index is 0.181. The van der Waals surface area contributed by atoms with Gasteiger partial charge < -0.3 is 10.1 Å². The maximum absolute atomic E-state index is 12.3. The van der Waals surface area contributed by atoms with Crippen LogP contribution in [0, 0.1) is 0 Å². The smallest absolute Gasteiger partial charge is 0.415 e. The monoisotopic (exact) mass is 302 g/mol. The molecule has 1 aromatic rings. The van der Waals surface area contributed by atoms with Crippen molar-refractivity contribution < 1.29 is 14.3 Å². The molecule has 1 heterocycles. The summed E-state index contributed by atoms with van der Waals surface area (Å²) >= 11 is 0. The normalized spacial score (nSPS) is 17.4. The van der Waals surface area contributed by atoms with E-state index in [9.17, 15) is 9.59 Å². The molecule has 0 aromatic heterocycles. The predicted molar refractivity (Wildman–Crippen MR) is 83.9 cm³/mol. The second-order valence-electron chi connectivity index (χ2n) is 6.23. The molecule has 0 bridgehead atoms. The maximum Gasteiger partial charge on any atom is 0.415 e. The van der Waals surface area contributed by atoms with Gasteiger partial charge in [0.25, 0.3) is 0 Å². The van der Waals surface area contributed by atoms with Gasteiger partial charge in [-0.25, -0.2) is 4.79 Å². The number of carbonyl (C=O) groups excluding carboxylic acids is 2. The van der Waals surface area contributed by atoms with Crippen molar-refractivity contribution in [3.8, 4) is 0 Å². The molecule has 1 unspecified atom stereocenters. The van der Waals surface area contributed by atoms with Gasteiger partial charge in [-0.2, -0.15) is 0 Å². The molecule has 118 valence electrons. The molecular formula is C17H22N2O3. The Morgan fingerprint density at radius 2 is 1.95 bits per heavy atom. The van der Waals surface area contributed by atoms with Crippen LogP contribution in [0.2, 0.25) is 0 Å². The molecule has 5 nitrogen and oxygen atoms in total. The Labute approximate surface area is 130 Å².